The fourth-order valence-electron chi connectivity index (χ4n) is 7.49. The summed E-state index contributed by atoms with van der Waals surface area (Å²) in [5.41, 5.74) is 14.3. The Balaban J connectivity index is 0.998. The molecule has 0 bridgehead atoms. The Morgan fingerprint density at radius 1 is 0.500 bits per heavy atom. The Hall–Kier alpha value is -6.12. The Morgan fingerprint density at radius 3 is 1.86 bits per heavy atom. The molecule has 50 heavy (non-hydrogen) atoms. The first-order chi connectivity index (χ1) is 24.8. The van der Waals surface area contributed by atoms with Crippen LogP contribution in [-0.4, -0.2) is 0 Å². The summed E-state index contributed by atoms with van der Waals surface area (Å²) in [6.45, 7) is 0. The van der Waals surface area contributed by atoms with E-state index in [0.717, 1.165) is 47.5 Å². The molecular formula is C48H37NO. The van der Waals surface area contributed by atoms with Gasteiger partial charge in [-0.3, -0.25) is 0 Å². The summed E-state index contributed by atoms with van der Waals surface area (Å²) in [4.78, 5) is 2.34. The third kappa shape index (κ3) is 5.80. The first kappa shape index (κ1) is 30.0. The van der Waals surface area contributed by atoms with Crippen LogP contribution in [0.3, 0.4) is 0 Å². The van der Waals surface area contributed by atoms with Gasteiger partial charge in [0.1, 0.15) is 11.2 Å². The van der Waals surface area contributed by atoms with E-state index in [0.29, 0.717) is 5.92 Å². The van der Waals surface area contributed by atoms with Gasteiger partial charge in [0, 0.05) is 33.8 Å². The zero-order valence-corrected chi connectivity index (χ0v) is 27.9. The molecule has 2 aliphatic carbocycles. The molecule has 1 atom stereocenters. The van der Waals surface area contributed by atoms with Crippen LogP contribution in [0.25, 0.3) is 44.2 Å². The maximum Gasteiger partial charge on any atom is 0.135 e. The maximum absolute atomic E-state index is 6.28. The number of fused-ring (bicyclic) bond motifs is 3. The molecule has 2 aliphatic rings. The molecule has 0 radical (unpaired) electrons. The molecule has 7 aromatic rings. The summed E-state index contributed by atoms with van der Waals surface area (Å²) in [5, 5.41) is 2.37. The lowest BCUT2D eigenvalue weighted by Crippen LogP contribution is -2.10. The van der Waals surface area contributed by atoms with Gasteiger partial charge in [0.2, 0.25) is 0 Å². The van der Waals surface area contributed by atoms with Crippen molar-refractivity contribution >= 4 is 50.1 Å². The van der Waals surface area contributed by atoms with E-state index in [4.69, 9.17) is 4.42 Å². The van der Waals surface area contributed by atoms with Crippen LogP contribution in [0.15, 0.2) is 186 Å². The van der Waals surface area contributed by atoms with Crippen LogP contribution >= 0.6 is 0 Å². The molecule has 0 N–H and O–H groups in total. The second-order valence-corrected chi connectivity index (χ2v) is 13.2. The van der Waals surface area contributed by atoms with Gasteiger partial charge in [0.05, 0.1) is 0 Å². The Bertz CT molecular complexity index is 2440. The normalized spacial score (nSPS) is 15.6. The number of furan rings is 1. The van der Waals surface area contributed by atoms with Crippen molar-refractivity contribution in [2.45, 2.75) is 25.2 Å². The Morgan fingerprint density at radius 2 is 1.14 bits per heavy atom. The van der Waals surface area contributed by atoms with Gasteiger partial charge in [-0.2, -0.15) is 0 Å². The zero-order chi connectivity index (χ0) is 33.3. The number of nitrogens with zero attached hydrogens (tertiary/aromatic N) is 1. The Kier molecular flexibility index (Phi) is 7.83. The average Bonchev–Trinajstić information content (AvgIpc) is 3.57. The lowest BCUT2D eigenvalue weighted by Gasteiger charge is -2.27. The quantitative estimate of drug-likeness (QED) is 0.172. The van der Waals surface area contributed by atoms with Gasteiger partial charge in [-0.15, -0.1) is 0 Å². The van der Waals surface area contributed by atoms with Crippen molar-refractivity contribution in [2.24, 2.45) is 0 Å². The molecule has 0 saturated carbocycles. The summed E-state index contributed by atoms with van der Waals surface area (Å²) in [6.07, 6.45) is 16.6. The maximum atomic E-state index is 6.28. The molecule has 0 amide bonds. The largest absolute Gasteiger partial charge is 0.456 e. The van der Waals surface area contributed by atoms with E-state index >= 15 is 0 Å². The summed E-state index contributed by atoms with van der Waals surface area (Å²) < 4.78 is 6.28. The van der Waals surface area contributed by atoms with Crippen LogP contribution < -0.4 is 4.90 Å². The van der Waals surface area contributed by atoms with Gasteiger partial charge in [-0.1, -0.05) is 121 Å². The SMILES string of the molecule is C1=CCCC(c2ccc3oc4ccc(C5=CC=CC(c6ccc(N(c7ccccc7)c7cccc(-c8ccccc8)c7)cc6)C5)cc4c3c2)=C1. The highest BCUT2D eigenvalue weighted by Crippen LogP contribution is 2.40. The summed E-state index contributed by atoms with van der Waals surface area (Å²) >= 11 is 0. The topological polar surface area (TPSA) is 16.4 Å². The van der Waals surface area contributed by atoms with E-state index in [2.05, 4.69) is 187 Å². The van der Waals surface area contributed by atoms with Crippen molar-refractivity contribution in [3.63, 3.8) is 0 Å². The standard InChI is InChI=1S/C48H37NO/c1-4-12-34(13-5-1)39-18-11-21-44(31-39)49(42-19-8-3-9-20-42)43-26-22-36(23-27-43)37-16-10-17-38(30-37)41-25-29-48-46(33-41)45-32-40(24-28-47(45)50-48)35-14-6-2-7-15-35/h1-6,8-14,16-29,31-33,37H,7,15,30H2. The third-order valence-corrected chi connectivity index (χ3v) is 10.1. The minimum atomic E-state index is 0.297. The second kappa shape index (κ2) is 13.1. The molecular weight excluding hydrogens is 607 g/mol. The van der Waals surface area contributed by atoms with Crippen molar-refractivity contribution in [1.29, 1.82) is 0 Å². The van der Waals surface area contributed by atoms with Crippen molar-refractivity contribution < 1.29 is 4.42 Å². The highest BCUT2D eigenvalue weighted by Gasteiger charge is 2.19. The van der Waals surface area contributed by atoms with Crippen LogP contribution in [0.5, 0.6) is 0 Å². The second-order valence-electron chi connectivity index (χ2n) is 13.2. The fraction of sp³-hybridized carbons (Fsp3) is 0.0833. The molecule has 0 saturated heterocycles. The average molecular weight is 644 g/mol. The molecule has 2 heteroatoms. The summed E-state index contributed by atoms with van der Waals surface area (Å²) in [6, 6.07) is 52.5. The highest BCUT2D eigenvalue weighted by atomic mass is 16.3. The lowest BCUT2D eigenvalue weighted by molar-refractivity contribution is 0.669. The molecule has 9 rings (SSSR count). The number of allylic oxidation sites excluding steroid dienone is 8. The molecule has 1 heterocycles. The van der Waals surface area contributed by atoms with Gasteiger partial charge >= 0.3 is 0 Å². The molecule has 0 aliphatic heterocycles. The van der Waals surface area contributed by atoms with Crippen molar-refractivity contribution in [1.82, 2.24) is 0 Å². The molecule has 6 aromatic carbocycles. The number of anilines is 3. The van der Waals surface area contributed by atoms with E-state index in [1.165, 1.54) is 49.7 Å². The first-order valence-electron chi connectivity index (χ1n) is 17.6. The van der Waals surface area contributed by atoms with E-state index in [-0.39, 0.29) is 0 Å². The monoisotopic (exact) mass is 643 g/mol. The van der Waals surface area contributed by atoms with E-state index in [1.807, 2.05) is 0 Å². The number of para-hydroxylation sites is 1. The van der Waals surface area contributed by atoms with Crippen LogP contribution in [0.2, 0.25) is 0 Å². The Labute approximate surface area is 293 Å². The minimum absolute atomic E-state index is 0.297. The fourth-order valence-corrected chi connectivity index (χ4v) is 7.49. The molecule has 0 fully saturated rings. The number of rotatable bonds is 7. The van der Waals surface area contributed by atoms with Crippen molar-refractivity contribution in [3.05, 3.63) is 199 Å². The predicted octanol–water partition coefficient (Wildman–Crippen LogP) is 13.6. The summed E-state index contributed by atoms with van der Waals surface area (Å²) in [7, 11) is 0. The number of hydrogen-bond donors (Lipinski definition) is 0. The van der Waals surface area contributed by atoms with Gasteiger partial charge < -0.3 is 9.32 Å². The van der Waals surface area contributed by atoms with Crippen LogP contribution in [0.4, 0.5) is 17.1 Å². The lowest BCUT2D eigenvalue weighted by atomic mass is 9.85. The van der Waals surface area contributed by atoms with Gasteiger partial charge in [-0.05, 0) is 119 Å². The zero-order valence-electron chi connectivity index (χ0n) is 27.9. The molecule has 0 spiro atoms. The van der Waals surface area contributed by atoms with E-state index < -0.39 is 0 Å². The van der Waals surface area contributed by atoms with Gasteiger partial charge in [-0.25, -0.2) is 0 Å². The molecule has 1 aromatic heterocycles. The van der Waals surface area contributed by atoms with Gasteiger partial charge in [0.15, 0.2) is 0 Å². The highest BCUT2D eigenvalue weighted by molar-refractivity contribution is 6.07. The third-order valence-electron chi connectivity index (χ3n) is 10.1. The smallest absolute Gasteiger partial charge is 0.135 e. The van der Waals surface area contributed by atoms with E-state index in [1.54, 1.807) is 0 Å². The van der Waals surface area contributed by atoms with Crippen molar-refractivity contribution in [2.75, 3.05) is 4.90 Å². The van der Waals surface area contributed by atoms with E-state index in [9.17, 15) is 0 Å². The summed E-state index contributed by atoms with van der Waals surface area (Å²) in [5.74, 6) is 0.297. The predicted molar refractivity (Wildman–Crippen MR) is 211 cm³/mol. The number of hydrogen-bond acceptors (Lipinski definition) is 2. The van der Waals surface area contributed by atoms with Crippen molar-refractivity contribution in [3.8, 4) is 11.1 Å². The molecule has 240 valence electrons. The van der Waals surface area contributed by atoms with Crippen LogP contribution in [0, 0.1) is 0 Å². The minimum Gasteiger partial charge on any atom is -0.456 e. The van der Waals surface area contributed by atoms with Crippen LogP contribution in [-0.2, 0) is 0 Å². The first-order valence-corrected chi connectivity index (χ1v) is 17.6. The molecule has 2 nitrogen and oxygen atoms in total. The van der Waals surface area contributed by atoms with Gasteiger partial charge in [0.25, 0.3) is 0 Å². The van der Waals surface area contributed by atoms with Crippen LogP contribution in [0.1, 0.15) is 41.9 Å². The molecule has 1 unspecified atom stereocenters. The number of benzene rings is 6.